The van der Waals surface area contributed by atoms with E-state index in [-0.39, 0.29) is 5.82 Å². The Morgan fingerprint density at radius 3 is 2.95 bits per heavy atom. The molecule has 0 saturated carbocycles. The van der Waals surface area contributed by atoms with Gasteiger partial charge in [0.1, 0.15) is 5.82 Å². The molecule has 1 saturated heterocycles. The van der Waals surface area contributed by atoms with Gasteiger partial charge in [0.25, 0.3) is 0 Å². The maximum Gasteiger partial charge on any atom is 0.129 e. The SMILES string of the molecule is CCCC1CN(Cc2ccc(Cl)cc2F)C(C)CCN1. The van der Waals surface area contributed by atoms with Crippen molar-refractivity contribution < 1.29 is 4.39 Å². The van der Waals surface area contributed by atoms with Crippen LogP contribution in [0.25, 0.3) is 0 Å². The minimum Gasteiger partial charge on any atom is -0.313 e. The number of hydrogen-bond acceptors (Lipinski definition) is 2. The molecule has 1 aromatic carbocycles. The summed E-state index contributed by atoms with van der Waals surface area (Å²) in [4.78, 5) is 2.38. The van der Waals surface area contributed by atoms with Gasteiger partial charge in [-0.25, -0.2) is 4.39 Å². The van der Waals surface area contributed by atoms with E-state index < -0.39 is 0 Å². The first-order valence-electron chi connectivity index (χ1n) is 7.51. The quantitative estimate of drug-likeness (QED) is 0.909. The minimum absolute atomic E-state index is 0.200. The molecule has 1 aromatic rings. The van der Waals surface area contributed by atoms with Gasteiger partial charge in [-0.2, -0.15) is 0 Å². The largest absolute Gasteiger partial charge is 0.313 e. The Morgan fingerprint density at radius 2 is 2.25 bits per heavy atom. The zero-order chi connectivity index (χ0) is 14.5. The van der Waals surface area contributed by atoms with Crippen LogP contribution < -0.4 is 5.32 Å². The van der Waals surface area contributed by atoms with E-state index in [0.29, 0.717) is 23.7 Å². The molecule has 1 aliphatic rings. The molecule has 0 amide bonds. The molecule has 0 aliphatic carbocycles. The highest BCUT2D eigenvalue weighted by atomic mass is 35.5. The van der Waals surface area contributed by atoms with Gasteiger partial charge in [0.15, 0.2) is 0 Å². The summed E-state index contributed by atoms with van der Waals surface area (Å²) in [7, 11) is 0. The smallest absolute Gasteiger partial charge is 0.129 e. The van der Waals surface area contributed by atoms with E-state index in [2.05, 4.69) is 24.1 Å². The average Bonchev–Trinajstić information content (AvgIpc) is 2.56. The lowest BCUT2D eigenvalue weighted by Crippen LogP contribution is -2.39. The topological polar surface area (TPSA) is 15.3 Å². The van der Waals surface area contributed by atoms with Crippen LogP contribution in [0.1, 0.15) is 38.7 Å². The van der Waals surface area contributed by atoms with E-state index >= 15 is 0 Å². The number of halogens is 2. The van der Waals surface area contributed by atoms with Gasteiger partial charge in [0, 0.05) is 35.8 Å². The van der Waals surface area contributed by atoms with Crippen molar-refractivity contribution in [2.75, 3.05) is 13.1 Å². The Bertz CT molecular complexity index is 438. The van der Waals surface area contributed by atoms with Gasteiger partial charge >= 0.3 is 0 Å². The van der Waals surface area contributed by atoms with Crippen LogP contribution in [0.15, 0.2) is 18.2 Å². The molecule has 2 atom stereocenters. The zero-order valence-electron chi connectivity index (χ0n) is 12.3. The van der Waals surface area contributed by atoms with Crippen LogP contribution >= 0.6 is 11.6 Å². The summed E-state index contributed by atoms with van der Waals surface area (Å²) in [5.74, 6) is -0.200. The second-order valence-corrected chi connectivity index (χ2v) is 6.18. The molecule has 0 radical (unpaired) electrons. The van der Waals surface area contributed by atoms with Gasteiger partial charge in [0.2, 0.25) is 0 Å². The Kier molecular flexibility index (Phi) is 5.82. The molecule has 112 valence electrons. The molecule has 1 heterocycles. The lowest BCUT2D eigenvalue weighted by atomic mass is 10.1. The Morgan fingerprint density at radius 1 is 1.45 bits per heavy atom. The van der Waals surface area contributed by atoms with E-state index in [1.807, 2.05) is 0 Å². The second kappa shape index (κ2) is 7.39. The maximum absolute atomic E-state index is 14.0. The lowest BCUT2D eigenvalue weighted by molar-refractivity contribution is 0.191. The summed E-state index contributed by atoms with van der Waals surface area (Å²) < 4.78 is 14.0. The predicted octanol–water partition coefficient (Wildman–Crippen LogP) is 3.83. The van der Waals surface area contributed by atoms with Gasteiger partial charge in [-0.05, 0) is 38.4 Å². The lowest BCUT2D eigenvalue weighted by Gasteiger charge is -2.29. The molecule has 0 spiro atoms. The van der Waals surface area contributed by atoms with Crippen LogP contribution in [0.4, 0.5) is 4.39 Å². The fourth-order valence-corrected chi connectivity index (χ4v) is 3.00. The van der Waals surface area contributed by atoms with E-state index in [1.165, 1.54) is 18.9 Å². The number of nitrogens with one attached hydrogen (secondary N) is 1. The summed E-state index contributed by atoms with van der Waals surface area (Å²) in [6.07, 6.45) is 3.46. The average molecular weight is 299 g/mol. The van der Waals surface area contributed by atoms with Crippen LogP contribution in [0.5, 0.6) is 0 Å². The highest BCUT2D eigenvalue weighted by Gasteiger charge is 2.23. The van der Waals surface area contributed by atoms with Crippen molar-refractivity contribution in [2.45, 2.75) is 51.7 Å². The van der Waals surface area contributed by atoms with Crippen LogP contribution in [-0.2, 0) is 6.54 Å². The third-order valence-corrected chi connectivity index (χ3v) is 4.33. The molecular formula is C16H24ClFN2. The van der Waals surface area contributed by atoms with Crippen molar-refractivity contribution in [1.82, 2.24) is 10.2 Å². The molecule has 2 rings (SSSR count). The Balaban J connectivity index is 2.07. The molecule has 20 heavy (non-hydrogen) atoms. The van der Waals surface area contributed by atoms with Gasteiger partial charge in [-0.3, -0.25) is 4.90 Å². The normalized spacial score (nSPS) is 24.6. The molecule has 4 heteroatoms. The van der Waals surface area contributed by atoms with Crippen molar-refractivity contribution in [3.63, 3.8) is 0 Å². The fourth-order valence-electron chi connectivity index (χ4n) is 2.84. The van der Waals surface area contributed by atoms with Crippen molar-refractivity contribution in [3.8, 4) is 0 Å². The highest BCUT2D eigenvalue weighted by Crippen LogP contribution is 2.20. The molecule has 2 nitrogen and oxygen atoms in total. The Labute approximate surface area is 126 Å². The summed E-state index contributed by atoms with van der Waals surface area (Å²) in [6.45, 7) is 7.12. The van der Waals surface area contributed by atoms with E-state index in [0.717, 1.165) is 25.1 Å². The second-order valence-electron chi connectivity index (χ2n) is 5.74. The van der Waals surface area contributed by atoms with Gasteiger partial charge in [0.05, 0.1) is 0 Å². The summed E-state index contributed by atoms with van der Waals surface area (Å²) >= 11 is 5.82. The van der Waals surface area contributed by atoms with Gasteiger partial charge < -0.3 is 5.32 Å². The third kappa shape index (κ3) is 4.18. The van der Waals surface area contributed by atoms with E-state index in [1.54, 1.807) is 12.1 Å². The van der Waals surface area contributed by atoms with Crippen molar-refractivity contribution >= 4 is 11.6 Å². The van der Waals surface area contributed by atoms with Crippen molar-refractivity contribution in [1.29, 1.82) is 0 Å². The molecule has 1 N–H and O–H groups in total. The number of hydrogen-bond donors (Lipinski definition) is 1. The van der Waals surface area contributed by atoms with Crippen molar-refractivity contribution in [2.24, 2.45) is 0 Å². The third-order valence-electron chi connectivity index (χ3n) is 4.10. The predicted molar refractivity (Wildman–Crippen MR) is 82.6 cm³/mol. The molecule has 1 aliphatic heterocycles. The van der Waals surface area contributed by atoms with Crippen LogP contribution in [0.2, 0.25) is 5.02 Å². The maximum atomic E-state index is 14.0. The van der Waals surface area contributed by atoms with E-state index in [9.17, 15) is 4.39 Å². The molecular weight excluding hydrogens is 275 g/mol. The molecule has 0 aromatic heterocycles. The first-order valence-corrected chi connectivity index (χ1v) is 7.89. The van der Waals surface area contributed by atoms with Gasteiger partial charge in [-0.1, -0.05) is 31.0 Å². The molecule has 2 unspecified atom stereocenters. The summed E-state index contributed by atoms with van der Waals surface area (Å²) in [5, 5.41) is 4.05. The van der Waals surface area contributed by atoms with Crippen LogP contribution in [0, 0.1) is 5.82 Å². The standard InChI is InChI=1S/C16H24ClFN2/c1-3-4-15-11-20(12(2)7-8-19-15)10-13-5-6-14(17)9-16(13)18/h5-6,9,12,15,19H,3-4,7-8,10-11H2,1-2H3. The number of benzene rings is 1. The first-order chi connectivity index (χ1) is 9.60. The Hall–Kier alpha value is -0.640. The van der Waals surface area contributed by atoms with Crippen molar-refractivity contribution in [3.05, 3.63) is 34.6 Å². The summed E-state index contributed by atoms with van der Waals surface area (Å²) in [5.41, 5.74) is 0.735. The zero-order valence-corrected chi connectivity index (χ0v) is 13.1. The van der Waals surface area contributed by atoms with Gasteiger partial charge in [-0.15, -0.1) is 0 Å². The first kappa shape index (κ1) is 15.7. The van der Waals surface area contributed by atoms with Crippen LogP contribution in [-0.4, -0.2) is 30.1 Å². The van der Waals surface area contributed by atoms with Crippen LogP contribution in [0.3, 0.4) is 0 Å². The minimum atomic E-state index is -0.200. The highest BCUT2D eigenvalue weighted by molar-refractivity contribution is 6.30. The fraction of sp³-hybridized carbons (Fsp3) is 0.625. The van der Waals surface area contributed by atoms with E-state index in [4.69, 9.17) is 11.6 Å². The number of nitrogens with zero attached hydrogens (tertiary/aromatic N) is 1. The monoisotopic (exact) mass is 298 g/mol. The molecule has 0 bridgehead atoms. The summed E-state index contributed by atoms with van der Waals surface area (Å²) in [6, 6.07) is 5.96. The number of rotatable bonds is 4. The molecule has 1 fully saturated rings.